The van der Waals surface area contributed by atoms with Crippen LogP contribution in [0, 0.1) is 13.8 Å². The van der Waals surface area contributed by atoms with E-state index in [9.17, 15) is 9.59 Å². The molecule has 0 aliphatic rings. The number of amides is 1. The third kappa shape index (κ3) is 3.85. The molecular weight excluding hydrogens is 282 g/mol. The van der Waals surface area contributed by atoms with Gasteiger partial charge in [0.05, 0.1) is 5.56 Å². The number of carbonyl (C=O) groups excluding carboxylic acids is 1. The molecule has 1 amide bonds. The molecule has 5 heteroatoms. The Morgan fingerprint density at radius 1 is 1.05 bits per heavy atom. The van der Waals surface area contributed by atoms with Crippen LogP contribution < -0.4 is 10.1 Å². The Bertz CT molecular complexity index is 672. The van der Waals surface area contributed by atoms with Gasteiger partial charge in [-0.1, -0.05) is 18.2 Å². The summed E-state index contributed by atoms with van der Waals surface area (Å²) in [6.45, 7) is 3.74. The molecule has 114 valence electrons. The molecule has 0 bridgehead atoms. The van der Waals surface area contributed by atoms with Crippen LogP contribution in [0.2, 0.25) is 0 Å². The van der Waals surface area contributed by atoms with Crippen LogP contribution >= 0.6 is 0 Å². The van der Waals surface area contributed by atoms with E-state index in [0.717, 1.165) is 11.1 Å². The zero-order valence-corrected chi connectivity index (χ0v) is 12.4. The SMILES string of the molecule is Cc1cccc(C)c1OCC(=O)Nc1ccc(C(=O)O)cc1. The number of hydrogen-bond acceptors (Lipinski definition) is 3. The lowest BCUT2D eigenvalue weighted by Crippen LogP contribution is -2.20. The summed E-state index contributed by atoms with van der Waals surface area (Å²) in [7, 11) is 0. The van der Waals surface area contributed by atoms with Crippen LogP contribution in [0.4, 0.5) is 5.69 Å². The lowest BCUT2D eigenvalue weighted by molar-refractivity contribution is -0.118. The Hall–Kier alpha value is -2.82. The molecular formula is C17H17NO4. The highest BCUT2D eigenvalue weighted by molar-refractivity contribution is 5.93. The number of nitrogens with one attached hydrogen (secondary N) is 1. The summed E-state index contributed by atoms with van der Waals surface area (Å²) >= 11 is 0. The number of anilines is 1. The predicted molar refractivity (Wildman–Crippen MR) is 83.4 cm³/mol. The molecule has 0 spiro atoms. The summed E-state index contributed by atoms with van der Waals surface area (Å²) in [5.74, 6) is -0.596. The molecule has 0 aliphatic carbocycles. The first-order valence-electron chi connectivity index (χ1n) is 6.79. The van der Waals surface area contributed by atoms with Crippen molar-refractivity contribution >= 4 is 17.6 Å². The minimum Gasteiger partial charge on any atom is -0.483 e. The first-order chi connectivity index (χ1) is 10.5. The average Bonchev–Trinajstić information content (AvgIpc) is 2.47. The molecule has 2 aromatic carbocycles. The van der Waals surface area contributed by atoms with E-state index in [-0.39, 0.29) is 18.1 Å². The van der Waals surface area contributed by atoms with Crippen LogP contribution in [0.15, 0.2) is 42.5 Å². The van der Waals surface area contributed by atoms with Crippen molar-refractivity contribution in [3.05, 3.63) is 59.2 Å². The molecule has 0 heterocycles. The topological polar surface area (TPSA) is 75.6 Å². The zero-order chi connectivity index (χ0) is 16.1. The van der Waals surface area contributed by atoms with Crippen molar-refractivity contribution < 1.29 is 19.4 Å². The summed E-state index contributed by atoms with van der Waals surface area (Å²) < 4.78 is 5.56. The highest BCUT2D eigenvalue weighted by Crippen LogP contribution is 2.22. The lowest BCUT2D eigenvalue weighted by Gasteiger charge is -2.12. The largest absolute Gasteiger partial charge is 0.483 e. The summed E-state index contributed by atoms with van der Waals surface area (Å²) in [5.41, 5.74) is 2.64. The van der Waals surface area contributed by atoms with Gasteiger partial charge in [-0.25, -0.2) is 4.79 Å². The normalized spacial score (nSPS) is 10.1. The minimum atomic E-state index is -1.00. The van der Waals surface area contributed by atoms with E-state index in [1.54, 1.807) is 12.1 Å². The van der Waals surface area contributed by atoms with E-state index < -0.39 is 5.97 Å². The average molecular weight is 299 g/mol. The Labute approximate surface area is 128 Å². The van der Waals surface area contributed by atoms with Crippen molar-refractivity contribution in [1.82, 2.24) is 0 Å². The van der Waals surface area contributed by atoms with Crippen molar-refractivity contribution in [2.75, 3.05) is 11.9 Å². The molecule has 0 saturated heterocycles. The standard InChI is InChI=1S/C17H17NO4/c1-11-4-3-5-12(2)16(11)22-10-15(19)18-14-8-6-13(7-9-14)17(20)21/h3-9H,10H2,1-2H3,(H,18,19)(H,20,21). The van der Waals surface area contributed by atoms with Gasteiger partial charge in [0, 0.05) is 5.69 Å². The van der Waals surface area contributed by atoms with Gasteiger partial charge in [-0.15, -0.1) is 0 Å². The number of carboxylic acids is 1. The van der Waals surface area contributed by atoms with Crippen LogP contribution in [-0.4, -0.2) is 23.6 Å². The van der Waals surface area contributed by atoms with Crippen LogP contribution in [0.5, 0.6) is 5.75 Å². The van der Waals surface area contributed by atoms with Gasteiger partial charge in [0.1, 0.15) is 5.75 Å². The maximum Gasteiger partial charge on any atom is 0.335 e. The fraction of sp³-hybridized carbons (Fsp3) is 0.176. The summed E-state index contributed by atoms with van der Waals surface area (Å²) in [4.78, 5) is 22.6. The van der Waals surface area contributed by atoms with Crippen LogP contribution in [0.25, 0.3) is 0 Å². The highest BCUT2D eigenvalue weighted by atomic mass is 16.5. The van der Waals surface area contributed by atoms with Crippen LogP contribution in [0.3, 0.4) is 0 Å². The zero-order valence-electron chi connectivity index (χ0n) is 12.4. The number of hydrogen-bond donors (Lipinski definition) is 2. The number of ether oxygens (including phenoxy) is 1. The van der Waals surface area contributed by atoms with E-state index >= 15 is 0 Å². The molecule has 0 radical (unpaired) electrons. The smallest absolute Gasteiger partial charge is 0.335 e. The third-order valence-electron chi connectivity index (χ3n) is 3.17. The maximum atomic E-state index is 11.9. The number of benzene rings is 2. The van der Waals surface area contributed by atoms with Crippen molar-refractivity contribution in [2.45, 2.75) is 13.8 Å². The summed E-state index contributed by atoms with van der Waals surface area (Å²) in [6.07, 6.45) is 0. The Morgan fingerprint density at radius 3 is 2.18 bits per heavy atom. The molecule has 0 unspecified atom stereocenters. The Balaban J connectivity index is 1.94. The van der Waals surface area contributed by atoms with Gasteiger partial charge in [-0.05, 0) is 49.2 Å². The maximum absolute atomic E-state index is 11.9. The van der Waals surface area contributed by atoms with Crippen molar-refractivity contribution in [2.24, 2.45) is 0 Å². The van der Waals surface area contributed by atoms with Gasteiger partial charge in [0.2, 0.25) is 0 Å². The molecule has 2 N–H and O–H groups in total. The second-order valence-corrected chi connectivity index (χ2v) is 4.94. The van der Waals surface area contributed by atoms with Crippen molar-refractivity contribution in [3.63, 3.8) is 0 Å². The van der Waals surface area contributed by atoms with Crippen LogP contribution in [0.1, 0.15) is 21.5 Å². The number of aromatic carboxylic acids is 1. The Kier molecular flexibility index (Phi) is 4.78. The first-order valence-corrected chi connectivity index (χ1v) is 6.79. The fourth-order valence-electron chi connectivity index (χ4n) is 2.06. The molecule has 0 aromatic heterocycles. The summed E-state index contributed by atoms with van der Waals surface area (Å²) in [6, 6.07) is 11.7. The monoisotopic (exact) mass is 299 g/mol. The van der Waals surface area contributed by atoms with Crippen molar-refractivity contribution in [1.29, 1.82) is 0 Å². The highest BCUT2D eigenvalue weighted by Gasteiger charge is 2.08. The number of para-hydroxylation sites is 1. The van der Waals surface area contributed by atoms with E-state index in [1.807, 2.05) is 32.0 Å². The van der Waals surface area contributed by atoms with Gasteiger partial charge in [-0.3, -0.25) is 4.79 Å². The number of carboxylic acid groups (broad SMARTS) is 1. The van der Waals surface area contributed by atoms with Gasteiger partial charge in [0.25, 0.3) is 5.91 Å². The molecule has 0 atom stereocenters. The van der Waals surface area contributed by atoms with E-state index in [2.05, 4.69) is 5.32 Å². The number of carbonyl (C=O) groups is 2. The Morgan fingerprint density at radius 2 is 1.64 bits per heavy atom. The molecule has 2 aromatic rings. The quantitative estimate of drug-likeness (QED) is 0.890. The van der Waals surface area contributed by atoms with E-state index in [4.69, 9.17) is 9.84 Å². The van der Waals surface area contributed by atoms with Crippen molar-refractivity contribution in [3.8, 4) is 5.75 Å². The van der Waals surface area contributed by atoms with E-state index in [1.165, 1.54) is 12.1 Å². The second kappa shape index (κ2) is 6.76. The van der Waals surface area contributed by atoms with Crippen LogP contribution in [-0.2, 0) is 4.79 Å². The molecule has 0 fully saturated rings. The van der Waals surface area contributed by atoms with Gasteiger partial charge in [0.15, 0.2) is 6.61 Å². The molecule has 0 aliphatic heterocycles. The van der Waals surface area contributed by atoms with Gasteiger partial charge < -0.3 is 15.2 Å². The number of rotatable bonds is 5. The number of aryl methyl sites for hydroxylation is 2. The third-order valence-corrected chi connectivity index (χ3v) is 3.17. The lowest BCUT2D eigenvalue weighted by atomic mass is 10.1. The fourth-order valence-corrected chi connectivity index (χ4v) is 2.06. The molecule has 22 heavy (non-hydrogen) atoms. The van der Waals surface area contributed by atoms with Gasteiger partial charge >= 0.3 is 5.97 Å². The summed E-state index contributed by atoms with van der Waals surface area (Å²) in [5, 5.41) is 11.5. The molecule has 0 saturated carbocycles. The molecule has 5 nitrogen and oxygen atoms in total. The molecule has 2 rings (SSSR count). The van der Waals surface area contributed by atoms with E-state index in [0.29, 0.717) is 11.4 Å². The second-order valence-electron chi connectivity index (χ2n) is 4.94. The minimum absolute atomic E-state index is 0.105. The predicted octanol–water partition coefficient (Wildman–Crippen LogP) is 3.02. The first kappa shape index (κ1) is 15.6. The van der Waals surface area contributed by atoms with Gasteiger partial charge in [-0.2, -0.15) is 0 Å².